The SMILES string of the molecule is OC1(C2CCCCC2)CCN(c2ccccc2)CC1. The van der Waals surface area contributed by atoms with E-state index < -0.39 is 0 Å². The molecule has 0 amide bonds. The molecule has 3 rings (SSSR count). The summed E-state index contributed by atoms with van der Waals surface area (Å²) in [6, 6.07) is 10.6. The Hall–Kier alpha value is -1.02. The first-order chi connectivity index (χ1) is 9.28. The maximum atomic E-state index is 10.9. The molecule has 0 bridgehead atoms. The van der Waals surface area contributed by atoms with Crippen molar-refractivity contribution in [2.45, 2.75) is 50.5 Å². The minimum Gasteiger partial charge on any atom is -0.389 e. The van der Waals surface area contributed by atoms with Crippen LogP contribution in [0.15, 0.2) is 30.3 Å². The van der Waals surface area contributed by atoms with Gasteiger partial charge >= 0.3 is 0 Å². The molecule has 1 saturated carbocycles. The molecule has 2 heteroatoms. The monoisotopic (exact) mass is 259 g/mol. The Morgan fingerprint density at radius 3 is 2.21 bits per heavy atom. The van der Waals surface area contributed by atoms with E-state index in [0.29, 0.717) is 5.92 Å². The average Bonchev–Trinajstić information content (AvgIpc) is 2.50. The molecule has 104 valence electrons. The van der Waals surface area contributed by atoms with Crippen LogP contribution in [0.3, 0.4) is 0 Å². The highest BCUT2D eigenvalue weighted by molar-refractivity contribution is 5.46. The third-order valence-corrected chi connectivity index (χ3v) is 5.12. The standard InChI is InChI=1S/C17H25NO/c19-17(15-7-3-1-4-8-15)11-13-18(14-12-17)16-9-5-2-6-10-16/h2,5-6,9-10,15,19H,1,3-4,7-8,11-14H2. The summed E-state index contributed by atoms with van der Waals surface area (Å²) < 4.78 is 0. The summed E-state index contributed by atoms with van der Waals surface area (Å²) >= 11 is 0. The van der Waals surface area contributed by atoms with Crippen LogP contribution in [0.4, 0.5) is 5.69 Å². The smallest absolute Gasteiger partial charge is 0.0709 e. The summed E-state index contributed by atoms with van der Waals surface area (Å²) in [5, 5.41) is 10.9. The zero-order chi connectivity index (χ0) is 13.1. The van der Waals surface area contributed by atoms with Crippen molar-refractivity contribution in [1.82, 2.24) is 0 Å². The zero-order valence-corrected chi connectivity index (χ0v) is 11.7. The van der Waals surface area contributed by atoms with Crippen LogP contribution in [0.5, 0.6) is 0 Å². The Bertz CT molecular complexity index is 389. The van der Waals surface area contributed by atoms with Gasteiger partial charge in [0.25, 0.3) is 0 Å². The molecule has 19 heavy (non-hydrogen) atoms. The third kappa shape index (κ3) is 2.79. The van der Waals surface area contributed by atoms with Gasteiger partial charge in [-0.3, -0.25) is 0 Å². The van der Waals surface area contributed by atoms with Crippen LogP contribution in [0.2, 0.25) is 0 Å². The van der Waals surface area contributed by atoms with E-state index in [1.165, 1.54) is 37.8 Å². The van der Waals surface area contributed by atoms with E-state index in [1.807, 2.05) is 0 Å². The molecule has 0 unspecified atom stereocenters. The Morgan fingerprint density at radius 1 is 0.947 bits per heavy atom. The summed E-state index contributed by atoms with van der Waals surface area (Å²) in [5.74, 6) is 0.555. The summed E-state index contributed by atoms with van der Waals surface area (Å²) in [4.78, 5) is 2.41. The predicted molar refractivity (Wildman–Crippen MR) is 79.4 cm³/mol. The van der Waals surface area contributed by atoms with E-state index in [2.05, 4.69) is 35.2 Å². The highest BCUT2D eigenvalue weighted by atomic mass is 16.3. The van der Waals surface area contributed by atoms with Crippen molar-refractivity contribution in [3.63, 3.8) is 0 Å². The van der Waals surface area contributed by atoms with Gasteiger partial charge in [0.15, 0.2) is 0 Å². The van der Waals surface area contributed by atoms with E-state index in [4.69, 9.17) is 0 Å². The largest absolute Gasteiger partial charge is 0.389 e. The molecule has 0 atom stereocenters. The summed E-state index contributed by atoms with van der Waals surface area (Å²) in [7, 11) is 0. The highest BCUT2D eigenvalue weighted by Crippen LogP contribution is 2.39. The lowest BCUT2D eigenvalue weighted by atomic mass is 9.72. The quantitative estimate of drug-likeness (QED) is 0.877. The maximum Gasteiger partial charge on any atom is 0.0709 e. The van der Waals surface area contributed by atoms with Crippen LogP contribution < -0.4 is 4.90 Å². The first-order valence-electron chi connectivity index (χ1n) is 7.80. The number of nitrogens with zero attached hydrogens (tertiary/aromatic N) is 1. The van der Waals surface area contributed by atoms with Gasteiger partial charge < -0.3 is 10.0 Å². The average molecular weight is 259 g/mol. The van der Waals surface area contributed by atoms with Crippen molar-refractivity contribution in [3.05, 3.63) is 30.3 Å². The number of aliphatic hydroxyl groups is 1. The van der Waals surface area contributed by atoms with E-state index in [0.717, 1.165) is 25.9 Å². The lowest BCUT2D eigenvalue weighted by Gasteiger charge is -2.45. The van der Waals surface area contributed by atoms with E-state index >= 15 is 0 Å². The molecule has 1 saturated heterocycles. The lowest BCUT2D eigenvalue weighted by molar-refractivity contribution is -0.0516. The molecule has 0 spiro atoms. The van der Waals surface area contributed by atoms with Gasteiger partial charge in [-0.25, -0.2) is 0 Å². The molecule has 2 nitrogen and oxygen atoms in total. The van der Waals surface area contributed by atoms with Crippen LogP contribution in [0.1, 0.15) is 44.9 Å². The van der Waals surface area contributed by atoms with Crippen molar-refractivity contribution in [1.29, 1.82) is 0 Å². The lowest BCUT2D eigenvalue weighted by Crippen LogP contribution is -2.49. The van der Waals surface area contributed by atoms with Crippen LogP contribution in [0.25, 0.3) is 0 Å². The predicted octanol–water partition coefficient (Wildman–Crippen LogP) is 3.60. The molecule has 0 aromatic heterocycles. The molecular formula is C17H25NO. The van der Waals surface area contributed by atoms with Gasteiger partial charge in [-0.2, -0.15) is 0 Å². The van der Waals surface area contributed by atoms with Crippen LogP contribution in [-0.2, 0) is 0 Å². The van der Waals surface area contributed by atoms with Gasteiger partial charge in [-0.05, 0) is 43.7 Å². The second-order valence-corrected chi connectivity index (χ2v) is 6.26. The zero-order valence-electron chi connectivity index (χ0n) is 11.7. The Balaban J connectivity index is 1.62. The summed E-state index contributed by atoms with van der Waals surface area (Å²) in [5.41, 5.74) is 0.916. The summed E-state index contributed by atoms with van der Waals surface area (Å²) in [6.07, 6.45) is 8.34. The fraction of sp³-hybridized carbons (Fsp3) is 0.647. The molecule has 1 aliphatic heterocycles. The van der Waals surface area contributed by atoms with Crippen molar-refractivity contribution in [3.8, 4) is 0 Å². The number of hydrogen-bond donors (Lipinski definition) is 1. The fourth-order valence-corrected chi connectivity index (χ4v) is 3.84. The molecule has 2 aliphatic rings. The second-order valence-electron chi connectivity index (χ2n) is 6.26. The number of para-hydroxylation sites is 1. The molecule has 1 aromatic carbocycles. The van der Waals surface area contributed by atoms with Gasteiger partial charge in [0.1, 0.15) is 0 Å². The summed E-state index contributed by atoms with van der Waals surface area (Å²) in [6.45, 7) is 1.99. The Morgan fingerprint density at radius 2 is 1.58 bits per heavy atom. The van der Waals surface area contributed by atoms with Gasteiger partial charge in [-0.15, -0.1) is 0 Å². The van der Waals surface area contributed by atoms with Crippen molar-refractivity contribution < 1.29 is 5.11 Å². The van der Waals surface area contributed by atoms with Crippen molar-refractivity contribution in [2.75, 3.05) is 18.0 Å². The Kier molecular flexibility index (Phi) is 3.79. The number of hydrogen-bond acceptors (Lipinski definition) is 2. The van der Waals surface area contributed by atoms with E-state index in [9.17, 15) is 5.11 Å². The van der Waals surface area contributed by atoms with E-state index in [-0.39, 0.29) is 5.60 Å². The first-order valence-corrected chi connectivity index (χ1v) is 7.80. The maximum absolute atomic E-state index is 10.9. The first kappa shape index (κ1) is 13.0. The van der Waals surface area contributed by atoms with Crippen LogP contribution >= 0.6 is 0 Å². The topological polar surface area (TPSA) is 23.5 Å². The van der Waals surface area contributed by atoms with Gasteiger partial charge in [-0.1, -0.05) is 37.5 Å². The minimum atomic E-state index is -0.383. The number of anilines is 1. The van der Waals surface area contributed by atoms with Crippen molar-refractivity contribution >= 4 is 5.69 Å². The van der Waals surface area contributed by atoms with Gasteiger partial charge in [0, 0.05) is 18.8 Å². The van der Waals surface area contributed by atoms with Crippen molar-refractivity contribution in [2.24, 2.45) is 5.92 Å². The molecule has 1 aromatic rings. The fourth-order valence-electron chi connectivity index (χ4n) is 3.84. The van der Waals surface area contributed by atoms with E-state index in [1.54, 1.807) is 0 Å². The highest BCUT2D eigenvalue weighted by Gasteiger charge is 2.39. The minimum absolute atomic E-state index is 0.383. The molecule has 1 heterocycles. The molecular weight excluding hydrogens is 234 g/mol. The van der Waals surface area contributed by atoms with Gasteiger partial charge in [0.05, 0.1) is 5.60 Å². The number of benzene rings is 1. The van der Waals surface area contributed by atoms with Gasteiger partial charge in [0.2, 0.25) is 0 Å². The number of rotatable bonds is 2. The second kappa shape index (κ2) is 5.54. The third-order valence-electron chi connectivity index (χ3n) is 5.12. The molecule has 0 radical (unpaired) electrons. The molecule has 1 aliphatic carbocycles. The number of piperidine rings is 1. The molecule has 1 N–H and O–H groups in total. The van der Waals surface area contributed by atoms with Crippen LogP contribution in [-0.4, -0.2) is 23.8 Å². The van der Waals surface area contributed by atoms with Crippen LogP contribution in [0, 0.1) is 5.92 Å². The molecule has 2 fully saturated rings. The Labute approximate surface area is 116 Å². The normalized spacial score (nSPS) is 24.4.